The van der Waals surface area contributed by atoms with Gasteiger partial charge in [0, 0.05) is 12.1 Å². The van der Waals surface area contributed by atoms with Crippen molar-refractivity contribution in [2.45, 2.75) is 39.8 Å². The number of nitrogens with zero attached hydrogens (tertiary/aromatic N) is 3. The molecule has 0 fully saturated rings. The summed E-state index contributed by atoms with van der Waals surface area (Å²) in [6, 6.07) is 7.00. The lowest BCUT2D eigenvalue weighted by Gasteiger charge is -2.08. The van der Waals surface area contributed by atoms with Crippen LogP contribution in [-0.2, 0) is 6.54 Å². The SMILES string of the molecule is Cc1nn(Cc2ccc(C(=O)NCCC(C)O)cc2)c(C)c1[N+](=O)[O-]. The molecule has 0 saturated carbocycles. The minimum Gasteiger partial charge on any atom is -0.393 e. The number of benzene rings is 1. The van der Waals surface area contributed by atoms with Gasteiger partial charge in [-0.25, -0.2) is 0 Å². The first kappa shape index (κ1) is 18.6. The molecule has 8 heteroatoms. The monoisotopic (exact) mass is 346 g/mol. The van der Waals surface area contributed by atoms with Gasteiger partial charge in [0.15, 0.2) is 0 Å². The fraction of sp³-hybridized carbons (Fsp3) is 0.412. The van der Waals surface area contributed by atoms with E-state index >= 15 is 0 Å². The van der Waals surface area contributed by atoms with Gasteiger partial charge in [-0.3, -0.25) is 19.6 Å². The standard InChI is InChI=1S/C17H22N4O4/c1-11(22)8-9-18-17(23)15-6-4-14(5-7-15)10-20-13(3)16(21(24)25)12(2)19-20/h4-7,11,22H,8-10H2,1-3H3,(H,18,23). The van der Waals surface area contributed by atoms with Gasteiger partial charge in [-0.2, -0.15) is 5.10 Å². The van der Waals surface area contributed by atoms with E-state index in [1.165, 1.54) is 0 Å². The maximum Gasteiger partial charge on any atom is 0.312 e. The molecule has 0 radical (unpaired) electrons. The Bertz CT molecular complexity index is 766. The van der Waals surface area contributed by atoms with Crippen LogP contribution < -0.4 is 5.32 Å². The van der Waals surface area contributed by atoms with Crippen molar-refractivity contribution in [3.8, 4) is 0 Å². The number of aliphatic hydroxyl groups is 1. The predicted molar refractivity (Wildman–Crippen MR) is 92.5 cm³/mol. The Kier molecular flexibility index (Phi) is 5.87. The molecule has 0 spiro atoms. The molecule has 1 aromatic heterocycles. The summed E-state index contributed by atoms with van der Waals surface area (Å²) >= 11 is 0. The van der Waals surface area contributed by atoms with Crippen LogP contribution in [0.5, 0.6) is 0 Å². The first-order valence-corrected chi connectivity index (χ1v) is 8.03. The number of hydrogen-bond donors (Lipinski definition) is 2. The van der Waals surface area contributed by atoms with E-state index in [-0.39, 0.29) is 11.6 Å². The molecule has 25 heavy (non-hydrogen) atoms. The fourth-order valence-corrected chi connectivity index (χ4v) is 2.54. The number of aryl methyl sites for hydroxylation is 1. The molecular weight excluding hydrogens is 324 g/mol. The zero-order valence-corrected chi connectivity index (χ0v) is 14.5. The zero-order chi connectivity index (χ0) is 18.6. The van der Waals surface area contributed by atoms with Crippen LogP contribution in [0.15, 0.2) is 24.3 Å². The van der Waals surface area contributed by atoms with Gasteiger partial charge >= 0.3 is 5.69 Å². The summed E-state index contributed by atoms with van der Waals surface area (Å²) in [5, 5.41) is 27.2. The third-order valence-electron chi connectivity index (χ3n) is 3.92. The minimum absolute atomic E-state index is 0.0362. The summed E-state index contributed by atoms with van der Waals surface area (Å²) in [6.07, 6.45) is 0.0491. The van der Waals surface area contributed by atoms with Crippen molar-refractivity contribution < 1.29 is 14.8 Å². The van der Waals surface area contributed by atoms with E-state index in [0.717, 1.165) is 5.56 Å². The third kappa shape index (κ3) is 4.63. The van der Waals surface area contributed by atoms with E-state index in [4.69, 9.17) is 0 Å². The topological polar surface area (TPSA) is 110 Å². The van der Waals surface area contributed by atoms with E-state index in [0.29, 0.717) is 36.5 Å². The Morgan fingerprint density at radius 2 is 2.00 bits per heavy atom. The summed E-state index contributed by atoms with van der Waals surface area (Å²) < 4.78 is 1.59. The molecule has 0 bridgehead atoms. The number of nitro groups is 1. The molecule has 1 amide bonds. The average molecular weight is 346 g/mol. The van der Waals surface area contributed by atoms with Crippen molar-refractivity contribution in [1.82, 2.24) is 15.1 Å². The van der Waals surface area contributed by atoms with Crippen molar-refractivity contribution >= 4 is 11.6 Å². The second kappa shape index (κ2) is 7.89. The average Bonchev–Trinajstić information content (AvgIpc) is 2.81. The van der Waals surface area contributed by atoms with Crippen LogP contribution in [0.2, 0.25) is 0 Å². The molecule has 8 nitrogen and oxygen atoms in total. The summed E-state index contributed by atoms with van der Waals surface area (Å²) in [7, 11) is 0. The molecule has 2 rings (SSSR count). The number of carbonyl (C=O) groups is 1. The lowest BCUT2D eigenvalue weighted by atomic mass is 10.1. The Labute approximate surface area is 145 Å². The molecule has 1 aromatic carbocycles. The van der Waals surface area contributed by atoms with Crippen LogP contribution in [-0.4, -0.2) is 38.4 Å². The molecule has 0 saturated heterocycles. The minimum atomic E-state index is -0.451. The lowest BCUT2D eigenvalue weighted by molar-refractivity contribution is -0.386. The first-order valence-electron chi connectivity index (χ1n) is 8.03. The van der Waals surface area contributed by atoms with E-state index in [1.54, 1.807) is 49.7 Å². The Morgan fingerprint density at radius 3 is 2.52 bits per heavy atom. The van der Waals surface area contributed by atoms with Gasteiger partial charge in [0.25, 0.3) is 5.91 Å². The highest BCUT2D eigenvalue weighted by atomic mass is 16.6. The number of carbonyl (C=O) groups excluding carboxylic acids is 1. The summed E-state index contributed by atoms with van der Waals surface area (Å²) in [4.78, 5) is 22.6. The van der Waals surface area contributed by atoms with Crippen LogP contribution >= 0.6 is 0 Å². The summed E-state index contributed by atoms with van der Waals surface area (Å²) in [5.41, 5.74) is 2.34. The molecule has 1 unspecified atom stereocenters. The Morgan fingerprint density at radius 1 is 1.36 bits per heavy atom. The second-order valence-electron chi connectivity index (χ2n) is 6.02. The van der Waals surface area contributed by atoms with Crippen LogP contribution in [0.1, 0.15) is 40.7 Å². The second-order valence-corrected chi connectivity index (χ2v) is 6.02. The van der Waals surface area contributed by atoms with Gasteiger partial charge in [0.1, 0.15) is 11.4 Å². The van der Waals surface area contributed by atoms with Gasteiger partial charge in [-0.05, 0) is 44.9 Å². The number of rotatable bonds is 7. The predicted octanol–water partition coefficient (Wildman–Crippen LogP) is 1.96. The van der Waals surface area contributed by atoms with E-state index in [1.807, 2.05) is 0 Å². The number of hydrogen-bond acceptors (Lipinski definition) is 5. The smallest absolute Gasteiger partial charge is 0.312 e. The summed E-state index contributed by atoms with van der Waals surface area (Å²) in [5.74, 6) is -0.200. The first-order chi connectivity index (χ1) is 11.8. The van der Waals surface area contributed by atoms with Crippen LogP contribution in [0.25, 0.3) is 0 Å². The number of nitrogens with one attached hydrogen (secondary N) is 1. The van der Waals surface area contributed by atoms with Gasteiger partial charge in [0.2, 0.25) is 0 Å². The molecule has 0 aliphatic heterocycles. The lowest BCUT2D eigenvalue weighted by Crippen LogP contribution is -2.26. The van der Waals surface area contributed by atoms with Crippen molar-refractivity contribution in [3.05, 3.63) is 56.9 Å². The van der Waals surface area contributed by atoms with Gasteiger partial charge in [-0.15, -0.1) is 0 Å². The highest BCUT2D eigenvalue weighted by Crippen LogP contribution is 2.22. The van der Waals surface area contributed by atoms with Crippen molar-refractivity contribution in [3.63, 3.8) is 0 Å². The maximum atomic E-state index is 12.0. The van der Waals surface area contributed by atoms with Crippen molar-refractivity contribution in [1.29, 1.82) is 0 Å². The largest absolute Gasteiger partial charge is 0.393 e. The molecule has 1 heterocycles. The molecule has 0 aliphatic carbocycles. The Hall–Kier alpha value is -2.74. The number of aliphatic hydroxyl groups excluding tert-OH is 1. The maximum absolute atomic E-state index is 12.0. The molecule has 2 N–H and O–H groups in total. The third-order valence-corrected chi connectivity index (χ3v) is 3.92. The highest BCUT2D eigenvalue weighted by molar-refractivity contribution is 5.94. The molecule has 2 aromatic rings. The number of aromatic nitrogens is 2. The molecule has 134 valence electrons. The van der Waals surface area contributed by atoms with Gasteiger partial charge in [-0.1, -0.05) is 12.1 Å². The summed E-state index contributed by atoms with van der Waals surface area (Å²) in [6.45, 7) is 5.76. The van der Waals surface area contributed by atoms with Crippen LogP contribution in [0, 0.1) is 24.0 Å². The van der Waals surface area contributed by atoms with Gasteiger partial charge in [0.05, 0.1) is 17.6 Å². The molecule has 1 atom stereocenters. The number of amides is 1. The van der Waals surface area contributed by atoms with E-state index in [2.05, 4.69) is 10.4 Å². The van der Waals surface area contributed by atoms with E-state index < -0.39 is 11.0 Å². The van der Waals surface area contributed by atoms with E-state index in [9.17, 15) is 20.0 Å². The van der Waals surface area contributed by atoms with Crippen molar-refractivity contribution in [2.75, 3.05) is 6.54 Å². The van der Waals surface area contributed by atoms with Crippen molar-refractivity contribution in [2.24, 2.45) is 0 Å². The van der Waals surface area contributed by atoms with Crippen LogP contribution in [0.3, 0.4) is 0 Å². The zero-order valence-electron chi connectivity index (χ0n) is 14.5. The normalized spacial score (nSPS) is 12.0. The quantitative estimate of drug-likeness (QED) is 0.588. The fourth-order valence-electron chi connectivity index (χ4n) is 2.54. The van der Waals surface area contributed by atoms with Crippen LogP contribution in [0.4, 0.5) is 5.69 Å². The molecule has 0 aliphatic rings. The van der Waals surface area contributed by atoms with Gasteiger partial charge < -0.3 is 10.4 Å². The molecular formula is C17H22N4O4. The highest BCUT2D eigenvalue weighted by Gasteiger charge is 2.21. The Balaban J connectivity index is 2.05.